The maximum atomic E-state index is 13.5. The molecule has 2 aromatic heterocycles. The molecule has 1 atom stereocenters. The number of fused-ring (bicyclic) bond motifs is 1. The monoisotopic (exact) mass is 515 g/mol. The SMILES string of the molecule is Cc1cc(CNC(=O)c2cc(C(=O)N[C@H]3C(=O)N(C)c4cc(-c5nnn(C)n5)ccc43)ncn2)ccc1F. The summed E-state index contributed by atoms with van der Waals surface area (Å²) in [6.07, 6.45) is 1.10. The zero-order valence-electron chi connectivity index (χ0n) is 20.6. The predicted molar refractivity (Wildman–Crippen MR) is 132 cm³/mol. The summed E-state index contributed by atoms with van der Waals surface area (Å²) in [6.45, 7) is 1.78. The zero-order chi connectivity index (χ0) is 27.0. The Kier molecular flexibility index (Phi) is 6.33. The number of nitrogens with one attached hydrogen (secondary N) is 2. The Balaban J connectivity index is 1.30. The Morgan fingerprint density at radius 1 is 1.03 bits per heavy atom. The number of benzene rings is 2. The molecule has 13 heteroatoms. The second-order valence-corrected chi connectivity index (χ2v) is 8.73. The van der Waals surface area contributed by atoms with Crippen LogP contribution in [0.25, 0.3) is 11.4 Å². The lowest BCUT2D eigenvalue weighted by atomic mass is 10.0. The van der Waals surface area contributed by atoms with Gasteiger partial charge in [0.1, 0.15) is 29.6 Å². The number of hydrogen-bond donors (Lipinski definition) is 2. The maximum Gasteiger partial charge on any atom is 0.270 e. The van der Waals surface area contributed by atoms with Crippen molar-refractivity contribution in [1.29, 1.82) is 0 Å². The van der Waals surface area contributed by atoms with E-state index in [2.05, 4.69) is 36.0 Å². The topological polar surface area (TPSA) is 148 Å². The van der Waals surface area contributed by atoms with Crippen LogP contribution in [0.4, 0.5) is 10.1 Å². The largest absolute Gasteiger partial charge is 0.347 e. The van der Waals surface area contributed by atoms with Gasteiger partial charge in [-0.1, -0.05) is 24.3 Å². The highest BCUT2D eigenvalue weighted by Gasteiger charge is 2.37. The van der Waals surface area contributed by atoms with Crippen LogP contribution in [0.5, 0.6) is 0 Å². The summed E-state index contributed by atoms with van der Waals surface area (Å²) in [7, 11) is 3.26. The average molecular weight is 516 g/mol. The number of anilines is 1. The number of tetrazole rings is 1. The average Bonchev–Trinajstić information content (AvgIpc) is 3.46. The highest BCUT2D eigenvalue weighted by Crippen LogP contribution is 2.37. The van der Waals surface area contributed by atoms with Crippen molar-refractivity contribution in [3.05, 3.63) is 82.7 Å². The lowest BCUT2D eigenvalue weighted by Gasteiger charge is -2.13. The highest BCUT2D eigenvalue weighted by molar-refractivity contribution is 6.08. The van der Waals surface area contributed by atoms with E-state index in [4.69, 9.17) is 0 Å². The minimum absolute atomic E-state index is 0.0274. The van der Waals surface area contributed by atoms with E-state index in [1.54, 1.807) is 51.4 Å². The van der Waals surface area contributed by atoms with Crippen molar-refractivity contribution in [2.75, 3.05) is 11.9 Å². The van der Waals surface area contributed by atoms with Gasteiger partial charge in [0.2, 0.25) is 5.82 Å². The molecular weight excluding hydrogens is 493 g/mol. The molecule has 1 aliphatic heterocycles. The molecule has 3 heterocycles. The van der Waals surface area contributed by atoms with Crippen LogP contribution in [0.1, 0.15) is 43.7 Å². The Morgan fingerprint density at radius 3 is 2.50 bits per heavy atom. The van der Waals surface area contributed by atoms with Gasteiger partial charge in [0.15, 0.2) is 0 Å². The van der Waals surface area contributed by atoms with E-state index in [-0.39, 0.29) is 29.7 Å². The van der Waals surface area contributed by atoms with E-state index in [1.807, 2.05) is 0 Å². The lowest BCUT2D eigenvalue weighted by molar-refractivity contribution is -0.119. The Morgan fingerprint density at radius 2 is 1.79 bits per heavy atom. The number of carbonyl (C=O) groups excluding carboxylic acids is 3. The first-order chi connectivity index (χ1) is 18.2. The first kappa shape index (κ1) is 24.6. The Labute approximate surface area is 215 Å². The second-order valence-electron chi connectivity index (χ2n) is 8.73. The number of carbonyl (C=O) groups is 3. The molecule has 0 aliphatic carbocycles. The molecule has 0 saturated carbocycles. The van der Waals surface area contributed by atoms with Gasteiger partial charge in [-0.3, -0.25) is 14.4 Å². The van der Waals surface area contributed by atoms with Crippen molar-refractivity contribution >= 4 is 23.4 Å². The predicted octanol–water partition coefficient (Wildman–Crippen LogP) is 1.49. The molecule has 0 bridgehead atoms. The molecule has 5 rings (SSSR count). The number of halogens is 1. The van der Waals surface area contributed by atoms with Crippen LogP contribution in [0, 0.1) is 12.7 Å². The summed E-state index contributed by atoms with van der Waals surface area (Å²) in [5.74, 6) is -1.43. The fourth-order valence-corrected chi connectivity index (χ4v) is 4.10. The van der Waals surface area contributed by atoms with Crippen LogP contribution in [-0.2, 0) is 18.4 Å². The van der Waals surface area contributed by atoms with Gasteiger partial charge < -0.3 is 15.5 Å². The van der Waals surface area contributed by atoms with Crippen molar-refractivity contribution < 1.29 is 18.8 Å². The molecule has 2 aromatic carbocycles. The van der Waals surface area contributed by atoms with Crippen molar-refractivity contribution in [3.8, 4) is 11.4 Å². The minimum atomic E-state index is -0.944. The third kappa shape index (κ3) is 4.68. The quantitative estimate of drug-likeness (QED) is 0.393. The summed E-state index contributed by atoms with van der Waals surface area (Å²) >= 11 is 0. The molecule has 192 valence electrons. The van der Waals surface area contributed by atoms with Crippen LogP contribution in [0.3, 0.4) is 0 Å². The van der Waals surface area contributed by atoms with E-state index in [0.717, 1.165) is 6.33 Å². The van der Waals surface area contributed by atoms with Gasteiger partial charge in [0.05, 0.1) is 7.05 Å². The van der Waals surface area contributed by atoms with Gasteiger partial charge in [-0.05, 0) is 35.4 Å². The van der Waals surface area contributed by atoms with Gasteiger partial charge in [-0.2, -0.15) is 4.80 Å². The third-order valence-electron chi connectivity index (χ3n) is 6.13. The van der Waals surface area contributed by atoms with Gasteiger partial charge in [-0.25, -0.2) is 14.4 Å². The molecular formula is C25H22FN9O3. The lowest BCUT2D eigenvalue weighted by Crippen LogP contribution is -2.36. The molecule has 1 aliphatic rings. The summed E-state index contributed by atoms with van der Waals surface area (Å²) in [4.78, 5) is 49.3. The molecule has 0 unspecified atom stereocenters. The summed E-state index contributed by atoms with van der Waals surface area (Å²) in [6, 6.07) is 10.1. The van der Waals surface area contributed by atoms with Crippen molar-refractivity contribution in [2.24, 2.45) is 7.05 Å². The summed E-state index contributed by atoms with van der Waals surface area (Å²) < 4.78 is 13.5. The molecule has 0 saturated heterocycles. The number of aromatic nitrogens is 6. The standard InChI is InChI=1S/C25H22FN9O3/c1-13-8-14(4-7-17(13)26)11-27-23(36)18-10-19(29-12-28-18)24(37)30-21-16-6-5-15(22-31-33-35(3)32-22)9-20(16)34(2)25(21)38/h4-10,12,21H,11H2,1-3H3,(H,27,36)(H,30,37)/t21-/m1/s1. The maximum absolute atomic E-state index is 13.5. The van der Waals surface area contributed by atoms with Crippen molar-refractivity contribution in [2.45, 2.75) is 19.5 Å². The van der Waals surface area contributed by atoms with Crippen LogP contribution < -0.4 is 15.5 Å². The van der Waals surface area contributed by atoms with E-state index >= 15 is 0 Å². The van der Waals surface area contributed by atoms with E-state index in [9.17, 15) is 18.8 Å². The number of amides is 3. The van der Waals surface area contributed by atoms with Crippen LogP contribution in [-0.4, -0.2) is 54.9 Å². The minimum Gasteiger partial charge on any atom is -0.347 e. The molecule has 0 fully saturated rings. The number of likely N-dealkylation sites (N-methyl/N-ethyl adjacent to an activating group) is 1. The number of rotatable bonds is 6. The molecule has 12 nitrogen and oxygen atoms in total. The smallest absolute Gasteiger partial charge is 0.270 e. The summed E-state index contributed by atoms with van der Waals surface area (Å²) in [5.41, 5.74) is 2.94. The summed E-state index contributed by atoms with van der Waals surface area (Å²) in [5, 5.41) is 17.4. The fourth-order valence-electron chi connectivity index (χ4n) is 4.10. The molecule has 0 radical (unpaired) electrons. The number of aryl methyl sites for hydroxylation is 2. The zero-order valence-corrected chi connectivity index (χ0v) is 20.6. The molecule has 38 heavy (non-hydrogen) atoms. The third-order valence-corrected chi connectivity index (χ3v) is 6.13. The molecule has 4 aromatic rings. The van der Waals surface area contributed by atoms with Gasteiger partial charge in [0, 0.05) is 36.5 Å². The number of nitrogens with zero attached hydrogens (tertiary/aromatic N) is 7. The van der Waals surface area contributed by atoms with Crippen LogP contribution >= 0.6 is 0 Å². The fraction of sp³-hybridized carbons (Fsp3) is 0.200. The van der Waals surface area contributed by atoms with Crippen LogP contribution in [0.2, 0.25) is 0 Å². The molecule has 3 amide bonds. The van der Waals surface area contributed by atoms with Gasteiger partial charge >= 0.3 is 0 Å². The van der Waals surface area contributed by atoms with E-state index in [0.29, 0.717) is 33.8 Å². The molecule has 0 spiro atoms. The van der Waals surface area contributed by atoms with Gasteiger partial charge in [-0.15, -0.1) is 10.2 Å². The van der Waals surface area contributed by atoms with Crippen molar-refractivity contribution in [3.63, 3.8) is 0 Å². The molecule has 2 N–H and O–H groups in total. The Bertz CT molecular complexity index is 1590. The van der Waals surface area contributed by atoms with Crippen molar-refractivity contribution in [1.82, 2.24) is 40.8 Å². The second kappa shape index (κ2) is 9.76. The number of hydrogen-bond acceptors (Lipinski definition) is 8. The highest BCUT2D eigenvalue weighted by atomic mass is 19.1. The normalized spacial score (nSPS) is 14.4. The first-order valence-corrected chi connectivity index (χ1v) is 11.5. The Hall–Kier alpha value is -5.07. The van der Waals surface area contributed by atoms with E-state index < -0.39 is 17.9 Å². The van der Waals surface area contributed by atoms with Gasteiger partial charge in [0.25, 0.3) is 17.7 Å². The van der Waals surface area contributed by atoms with Crippen LogP contribution in [0.15, 0.2) is 48.8 Å². The first-order valence-electron chi connectivity index (χ1n) is 11.5. The van der Waals surface area contributed by atoms with E-state index in [1.165, 1.54) is 21.8 Å².